The maximum absolute atomic E-state index is 12.8. The number of benzene rings is 2. The summed E-state index contributed by atoms with van der Waals surface area (Å²) >= 11 is 5.88. The first-order valence-corrected chi connectivity index (χ1v) is 8.19. The van der Waals surface area contributed by atoms with Crippen molar-refractivity contribution in [2.24, 2.45) is 0 Å². The van der Waals surface area contributed by atoms with Gasteiger partial charge in [-0.15, -0.1) is 0 Å². The molecule has 0 saturated carbocycles. The molecule has 2 aromatic carbocycles. The Morgan fingerprint density at radius 1 is 1.08 bits per heavy atom. The van der Waals surface area contributed by atoms with E-state index in [0.717, 1.165) is 10.5 Å². The van der Waals surface area contributed by atoms with Gasteiger partial charge in [0.15, 0.2) is 5.78 Å². The molecule has 0 radical (unpaired) electrons. The number of hydrogen-bond acceptors (Lipinski definition) is 3. The van der Waals surface area contributed by atoms with E-state index in [2.05, 4.69) is 5.32 Å². The topological polar surface area (TPSA) is 66.5 Å². The quantitative estimate of drug-likeness (QED) is 0.675. The van der Waals surface area contributed by atoms with Crippen LogP contribution in [0.4, 0.5) is 4.79 Å². The van der Waals surface area contributed by atoms with Crippen LogP contribution in [0.1, 0.15) is 28.4 Å². The molecule has 6 heteroatoms. The summed E-state index contributed by atoms with van der Waals surface area (Å²) in [7, 11) is 0. The van der Waals surface area contributed by atoms with Crippen molar-refractivity contribution in [2.45, 2.75) is 19.4 Å². The van der Waals surface area contributed by atoms with Crippen LogP contribution in [0.25, 0.3) is 0 Å². The minimum atomic E-state index is -1.21. The number of imide groups is 1. The lowest BCUT2D eigenvalue weighted by Crippen LogP contribution is -2.41. The Labute approximate surface area is 150 Å². The number of carbonyl (C=O) groups is 3. The van der Waals surface area contributed by atoms with Gasteiger partial charge < -0.3 is 5.32 Å². The second kappa shape index (κ2) is 6.33. The number of hydrogen-bond donors (Lipinski definition) is 1. The first kappa shape index (κ1) is 17.2. The molecule has 1 atom stereocenters. The van der Waals surface area contributed by atoms with Crippen LogP contribution in [-0.4, -0.2) is 29.2 Å². The maximum atomic E-state index is 12.8. The van der Waals surface area contributed by atoms with Gasteiger partial charge in [-0.3, -0.25) is 14.5 Å². The van der Waals surface area contributed by atoms with Crippen LogP contribution in [0.5, 0.6) is 0 Å². The Bertz CT molecular complexity index is 846. The lowest BCUT2D eigenvalue weighted by Gasteiger charge is -2.22. The molecule has 2 aromatic rings. The van der Waals surface area contributed by atoms with E-state index in [0.29, 0.717) is 16.1 Å². The molecule has 1 aliphatic heterocycles. The van der Waals surface area contributed by atoms with Gasteiger partial charge in [-0.2, -0.15) is 0 Å². The molecule has 0 bridgehead atoms. The van der Waals surface area contributed by atoms with Gasteiger partial charge in [0.2, 0.25) is 0 Å². The standard InChI is InChI=1S/C19H17ClN2O3/c1-12-3-5-13(6-4-12)16(23)11-22-17(24)19(2,21-18(22)25)14-7-9-15(20)10-8-14/h3-10H,11H2,1-2H3,(H,21,25)/t19-/m1/s1. The number of urea groups is 1. The fourth-order valence-corrected chi connectivity index (χ4v) is 2.92. The van der Waals surface area contributed by atoms with Gasteiger partial charge in [0, 0.05) is 10.6 Å². The Kier molecular flexibility index (Phi) is 4.35. The molecule has 128 valence electrons. The van der Waals surface area contributed by atoms with E-state index < -0.39 is 17.5 Å². The number of nitrogens with zero attached hydrogens (tertiary/aromatic N) is 1. The largest absolute Gasteiger partial charge is 0.325 e. The van der Waals surface area contributed by atoms with E-state index >= 15 is 0 Å². The van der Waals surface area contributed by atoms with Crippen molar-refractivity contribution < 1.29 is 14.4 Å². The summed E-state index contributed by atoms with van der Waals surface area (Å²) in [6.45, 7) is 3.24. The van der Waals surface area contributed by atoms with E-state index in [1.54, 1.807) is 43.3 Å². The number of carbonyl (C=O) groups excluding carboxylic acids is 3. The lowest BCUT2D eigenvalue weighted by molar-refractivity contribution is -0.130. The third-order valence-electron chi connectivity index (χ3n) is 4.37. The van der Waals surface area contributed by atoms with Crippen LogP contribution in [0.2, 0.25) is 5.02 Å². The highest BCUT2D eigenvalue weighted by molar-refractivity contribution is 6.30. The molecule has 3 rings (SSSR count). The number of rotatable bonds is 4. The number of ketones is 1. The van der Waals surface area contributed by atoms with Crippen molar-refractivity contribution in [1.29, 1.82) is 0 Å². The Balaban J connectivity index is 1.82. The summed E-state index contributed by atoms with van der Waals surface area (Å²) in [5, 5.41) is 3.21. The first-order chi connectivity index (χ1) is 11.8. The van der Waals surface area contributed by atoms with Crippen LogP contribution in [0, 0.1) is 6.92 Å². The van der Waals surface area contributed by atoms with Gasteiger partial charge >= 0.3 is 6.03 Å². The van der Waals surface area contributed by atoms with Crippen LogP contribution < -0.4 is 5.32 Å². The second-order valence-corrected chi connectivity index (χ2v) is 6.68. The van der Waals surface area contributed by atoms with Gasteiger partial charge in [0.25, 0.3) is 5.91 Å². The van der Waals surface area contributed by atoms with Crippen molar-refractivity contribution in [1.82, 2.24) is 10.2 Å². The number of amides is 3. The van der Waals surface area contributed by atoms with E-state index in [1.807, 2.05) is 19.1 Å². The zero-order chi connectivity index (χ0) is 18.2. The second-order valence-electron chi connectivity index (χ2n) is 6.24. The molecule has 1 fully saturated rings. The predicted molar refractivity (Wildman–Crippen MR) is 94.6 cm³/mol. The molecule has 0 unspecified atom stereocenters. The van der Waals surface area contributed by atoms with Gasteiger partial charge in [0.1, 0.15) is 5.54 Å². The van der Waals surface area contributed by atoms with Crippen molar-refractivity contribution in [3.05, 3.63) is 70.2 Å². The molecule has 1 aliphatic rings. The number of Topliss-reactive ketones (excluding diaryl/α,β-unsaturated/α-hetero) is 1. The molecule has 3 amide bonds. The maximum Gasteiger partial charge on any atom is 0.325 e. The van der Waals surface area contributed by atoms with Crippen LogP contribution in [0.3, 0.4) is 0 Å². The van der Waals surface area contributed by atoms with Gasteiger partial charge in [-0.05, 0) is 31.5 Å². The van der Waals surface area contributed by atoms with Crippen molar-refractivity contribution in [3.8, 4) is 0 Å². The molecule has 1 heterocycles. The van der Waals surface area contributed by atoms with E-state index in [-0.39, 0.29) is 12.3 Å². The van der Waals surface area contributed by atoms with Crippen molar-refractivity contribution in [3.63, 3.8) is 0 Å². The molecule has 25 heavy (non-hydrogen) atoms. The fourth-order valence-electron chi connectivity index (χ4n) is 2.79. The highest BCUT2D eigenvalue weighted by atomic mass is 35.5. The first-order valence-electron chi connectivity index (χ1n) is 7.81. The Morgan fingerprint density at radius 2 is 1.68 bits per heavy atom. The summed E-state index contributed by atoms with van der Waals surface area (Å²) in [4.78, 5) is 38.4. The fraction of sp³-hybridized carbons (Fsp3) is 0.211. The van der Waals surface area contributed by atoms with E-state index in [9.17, 15) is 14.4 Å². The van der Waals surface area contributed by atoms with Crippen LogP contribution in [-0.2, 0) is 10.3 Å². The summed E-state index contributed by atoms with van der Waals surface area (Å²) < 4.78 is 0. The number of aryl methyl sites for hydroxylation is 1. The summed E-state index contributed by atoms with van der Waals surface area (Å²) in [6, 6.07) is 13.1. The van der Waals surface area contributed by atoms with Crippen molar-refractivity contribution >= 4 is 29.3 Å². The average molecular weight is 357 g/mol. The monoisotopic (exact) mass is 356 g/mol. The zero-order valence-corrected chi connectivity index (χ0v) is 14.6. The van der Waals surface area contributed by atoms with Crippen LogP contribution >= 0.6 is 11.6 Å². The molecule has 0 aromatic heterocycles. The molecule has 0 spiro atoms. The minimum absolute atomic E-state index is 0.288. The smallest absolute Gasteiger partial charge is 0.319 e. The number of nitrogens with one attached hydrogen (secondary N) is 1. The normalized spacial score (nSPS) is 19.9. The third kappa shape index (κ3) is 3.15. The van der Waals surface area contributed by atoms with Gasteiger partial charge in [0.05, 0.1) is 6.54 Å². The average Bonchev–Trinajstić information content (AvgIpc) is 2.80. The molecule has 5 nitrogen and oxygen atoms in total. The van der Waals surface area contributed by atoms with E-state index in [4.69, 9.17) is 11.6 Å². The molecular formula is C19H17ClN2O3. The zero-order valence-electron chi connectivity index (χ0n) is 13.9. The van der Waals surface area contributed by atoms with Crippen LogP contribution in [0.15, 0.2) is 48.5 Å². The minimum Gasteiger partial charge on any atom is -0.319 e. The van der Waals surface area contributed by atoms with Gasteiger partial charge in [-0.25, -0.2) is 4.79 Å². The molecular weight excluding hydrogens is 340 g/mol. The van der Waals surface area contributed by atoms with Crippen molar-refractivity contribution in [2.75, 3.05) is 6.54 Å². The highest BCUT2D eigenvalue weighted by Crippen LogP contribution is 2.29. The van der Waals surface area contributed by atoms with E-state index in [1.165, 1.54) is 0 Å². The predicted octanol–water partition coefficient (Wildman–Crippen LogP) is 3.30. The molecule has 1 saturated heterocycles. The summed E-state index contributed by atoms with van der Waals surface area (Å²) in [6.07, 6.45) is 0. The highest BCUT2D eigenvalue weighted by Gasteiger charge is 2.49. The summed E-state index contributed by atoms with van der Waals surface area (Å²) in [5.74, 6) is -0.746. The molecule has 0 aliphatic carbocycles. The SMILES string of the molecule is Cc1ccc(C(=O)CN2C(=O)N[C@](C)(c3ccc(Cl)cc3)C2=O)cc1. The molecule has 1 N–H and O–H groups in total. The Morgan fingerprint density at radius 3 is 2.28 bits per heavy atom. The Hall–Kier alpha value is -2.66. The lowest BCUT2D eigenvalue weighted by atomic mass is 9.92. The summed E-state index contributed by atoms with van der Waals surface area (Å²) in [5.41, 5.74) is 0.892. The number of halogens is 1. The van der Waals surface area contributed by atoms with Gasteiger partial charge in [-0.1, -0.05) is 53.6 Å². The third-order valence-corrected chi connectivity index (χ3v) is 4.62.